The first-order valence-electron chi connectivity index (χ1n) is 5.20. The first-order chi connectivity index (χ1) is 8.31. The standard InChI is InChI=1S/C12H14N4O/c1-17-7-9-4-2-3-5-11(9)16-12-10(13)6-14-8-15-12/h2-6,8H,7,13H2,1H3,(H,14,15,16). The first-order valence-corrected chi connectivity index (χ1v) is 5.20. The minimum Gasteiger partial charge on any atom is -0.394 e. The number of aromatic nitrogens is 2. The van der Waals surface area contributed by atoms with Crippen LogP contribution in [-0.2, 0) is 11.3 Å². The van der Waals surface area contributed by atoms with E-state index in [1.165, 1.54) is 6.33 Å². The summed E-state index contributed by atoms with van der Waals surface area (Å²) in [4.78, 5) is 7.93. The van der Waals surface area contributed by atoms with Crippen molar-refractivity contribution in [2.75, 3.05) is 18.2 Å². The number of nitrogen functional groups attached to an aromatic ring is 1. The maximum absolute atomic E-state index is 5.77. The molecule has 3 N–H and O–H groups in total. The lowest BCUT2D eigenvalue weighted by Gasteiger charge is -2.11. The van der Waals surface area contributed by atoms with Crippen LogP contribution in [0.25, 0.3) is 0 Å². The summed E-state index contributed by atoms with van der Waals surface area (Å²) in [5.41, 5.74) is 8.27. The average molecular weight is 230 g/mol. The zero-order valence-corrected chi connectivity index (χ0v) is 9.55. The smallest absolute Gasteiger partial charge is 0.157 e. The van der Waals surface area contributed by atoms with Crippen LogP contribution < -0.4 is 11.1 Å². The number of anilines is 3. The Hall–Kier alpha value is -2.14. The van der Waals surface area contributed by atoms with E-state index in [0.717, 1.165) is 11.3 Å². The van der Waals surface area contributed by atoms with E-state index < -0.39 is 0 Å². The molecule has 0 aliphatic heterocycles. The van der Waals surface area contributed by atoms with E-state index in [1.807, 2.05) is 24.3 Å². The Bertz CT molecular complexity index is 501. The molecule has 17 heavy (non-hydrogen) atoms. The molecule has 88 valence electrons. The number of benzene rings is 1. The van der Waals surface area contributed by atoms with Crippen molar-refractivity contribution in [3.8, 4) is 0 Å². The van der Waals surface area contributed by atoms with Crippen molar-refractivity contribution in [1.82, 2.24) is 9.97 Å². The number of methoxy groups -OCH3 is 1. The summed E-state index contributed by atoms with van der Waals surface area (Å²) in [7, 11) is 1.66. The summed E-state index contributed by atoms with van der Waals surface area (Å²) in [6.07, 6.45) is 3.02. The van der Waals surface area contributed by atoms with Gasteiger partial charge in [0.1, 0.15) is 6.33 Å². The summed E-state index contributed by atoms with van der Waals surface area (Å²) in [6, 6.07) is 7.85. The molecule has 5 nitrogen and oxygen atoms in total. The highest BCUT2D eigenvalue weighted by Crippen LogP contribution is 2.22. The van der Waals surface area contributed by atoms with Crippen molar-refractivity contribution in [2.45, 2.75) is 6.61 Å². The average Bonchev–Trinajstić information content (AvgIpc) is 2.35. The minimum atomic E-state index is 0.514. The van der Waals surface area contributed by atoms with Gasteiger partial charge in [-0.15, -0.1) is 0 Å². The van der Waals surface area contributed by atoms with Gasteiger partial charge in [-0.1, -0.05) is 18.2 Å². The van der Waals surface area contributed by atoms with Gasteiger partial charge >= 0.3 is 0 Å². The van der Waals surface area contributed by atoms with Gasteiger partial charge in [-0.25, -0.2) is 9.97 Å². The fourth-order valence-corrected chi connectivity index (χ4v) is 1.50. The quantitative estimate of drug-likeness (QED) is 0.839. The molecule has 0 fully saturated rings. The second-order valence-electron chi connectivity index (χ2n) is 3.54. The Kier molecular flexibility index (Phi) is 3.52. The molecular formula is C12H14N4O. The van der Waals surface area contributed by atoms with Crippen LogP contribution in [0.2, 0.25) is 0 Å². The molecule has 5 heteroatoms. The van der Waals surface area contributed by atoms with Crippen LogP contribution in [0, 0.1) is 0 Å². The van der Waals surface area contributed by atoms with Gasteiger partial charge in [0.05, 0.1) is 18.5 Å². The van der Waals surface area contributed by atoms with Crippen LogP contribution >= 0.6 is 0 Å². The summed E-state index contributed by atoms with van der Waals surface area (Å²) >= 11 is 0. The van der Waals surface area contributed by atoms with Crippen molar-refractivity contribution in [3.63, 3.8) is 0 Å². The van der Waals surface area contributed by atoms with E-state index >= 15 is 0 Å². The van der Waals surface area contributed by atoms with E-state index in [2.05, 4.69) is 15.3 Å². The topological polar surface area (TPSA) is 73.1 Å². The largest absolute Gasteiger partial charge is 0.394 e. The number of ether oxygens (including phenoxy) is 1. The van der Waals surface area contributed by atoms with E-state index in [0.29, 0.717) is 18.1 Å². The van der Waals surface area contributed by atoms with Crippen molar-refractivity contribution in [2.24, 2.45) is 0 Å². The number of hydrogen-bond donors (Lipinski definition) is 2. The Morgan fingerprint density at radius 2 is 2.18 bits per heavy atom. The third-order valence-corrected chi connectivity index (χ3v) is 2.31. The van der Waals surface area contributed by atoms with Gasteiger partial charge in [-0.05, 0) is 6.07 Å². The highest BCUT2D eigenvalue weighted by Gasteiger charge is 2.04. The predicted octanol–water partition coefficient (Wildman–Crippen LogP) is 1.95. The highest BCUT2D eigenvalue weighted by molar-refractivity contribution is 5.69. The zero-order chi connectivity index (χ0) is 12.1. The number of nitrogens with zero attached hydrogens (tertiary/aromatic N) is 2. The molecule has 0 radical (unpaired) electrons. The van der Waals surface area contributed by atoms with Gasteiger partial charge in [-0.2, -0.15) is 0 Å². The molecule has 0 saturated heterocycles. The number of hydrogen-bond acceptors (Lipinski definition) is 5. The SMILES string of the molecule is COCc1ccccc1Nc1ncncc1N. The van der Waals surface area contributed by atoms with Gasteiger partial charge in [0.2, 0.25) is 0 Å². The molecule has 2 rings (SSSR count). The molecule has 2 aromatic rings. The second-order valence-corrected chi connectivity index (χ2v) is 3.54. The van der Waals surface area contributed by atoms with E-state index in [9.17, 15) is 0 Å². The first kappa shape index (κ1) is 11.3. The molecule has 0 bridgehead atoms. The van der Waals surface area contributed by atoms with Crippen LogP contribution in [-0.4, -0.2) is 17.1 Å². The molecule has 1 aromatic carbocycles. The van der Waals surface area contributed by atoms with Gasteiger partial charge in [0.15, 0.2) is 5.82 Å². The molecule has 0 amide bonds. The summed E-state index contributed by atoms with van der Waals surface area (Å²) in [5.74, 6) is 0.601. The molecule has 1 heterocycles. The monoisotopic (exact) mass is 230 g/mol. The molecular weight excluding hydrogens is 216 g/mol. The normalized spacial score (nSPS) is 10.2. The zero-order valence-electron chi connectivity index (χ0n) is 9.55. The number of nitrogens with two attached hydrogens (primary N) is 1. The van der Waals surface area contributed by atoms with Gasteiger partial charge in [0, 0.05) is 18.4 Å². The lowest BCUT2D eigenvalue weighted by molar-refractivity contribution is 0.185. The van der Waals surface area contributed by atoms with Gasteiger partial charge < -0.3 is 15.8 Å². The van der Waals surface area contributed by atoms with Crippen molar-refractivity contribution >= 4 is 17.2 Å². The maximum Gasteiger partial charge on any atom is 0.157 e. The Labute approximate surface area is 99.7 Å². The summed E-state index contributed by atoms with van der Waals surface area (Å²) in [5, 5.41) is 3.17. The van der Waals surface area contributed by atoms with Crippen molar-refractivity contribution in [1.29, 1.82) is 0 Å². The van der Waals surface area contributed by atoms with E-state index in [1.54, 1.807) is 13.3 Å². The Morgan fingerprint density at radius 1 is 1.35 bits per heavy atom. The van der Waals surface area contributed by atoms with Gasteiger partial charge in [0.25, 0.3) is 0 Å². The van der Waals surface area contributed by atoms with Crippen molar-refractivity contribution in [3.05, 3.63) is 42.4 Å². The van der Waals surface area contributed by atoms with Crippen LogP contribution in [0.3, 0.4) is 0 Å². The predicted molar refractivity (Wildman–Crippen MR) is 66.9 cm³/mol. The molecule has 0 saturated carbocycles. The Balaban J connectivity index is 2.27. The molecule has 0 atom stereocenters. The lowest BCUT2D eigenvalue weighted by Crippen LogP contribution is -2.02. The number of nitrogens with one attached hydrogen (secondary N) is 1. The molecule has 0 spiro atoms. The minimum absolute atomic E-state index is 0.514. The number of para-hydroxylation sites is 1. The maximum atomic E-state index is 5.77. The molecule has 0 unspecified atom stereocenters. The van der Waals surface area contributed by atoms with Crippen molar-refractivity contribution < 1.29 is 4.74 Å². The third-order valence-electron chi connectivity index (χ3n) is 2.31. The van der Waals surface area contributed by atoms with Crippen LogP contribution in [0.5, 0.6) is 0 Å². The van der Waals surface area contributed by atoms with Crippen LogP contribution in [0.1, 0.15) is 5.56 Å². The third kappa shape index (κ3) is 2.70. The van der Waals surface area contributed by atoms with Crippen LogP contribution in [0.15, 0.2) is 36.8 Å². The lowest BCUT2D eigenvalue weighted by atomic mass is 10.2. The van der Waals surface area contributed by atoms with Crippen LogP contribution in [0.4, 0.5) is 17.2 Å². The number of rotatable bonds is 4. The highest BCUT2D eigenvalue weighted by atomic mass is 16.5. The fraction of sp³-hybridized carbons (Fsp3) is 0.167. The summed E-state index contributed by atoms with van der Waals surface area (Å²) in [6.45, 7) is 0.536. The Morgan fingerprint density at radius 3 is 2.94 bits per heavy atom. The summed E-state index contributed by atoms with van der Waals surface area (Å²) < 4.78 is 5.13. The second kappa shape index (κ2) is 5.27. The van der Waals surface area contributed by atoms with E-state index in [4.69, 9.17) is 10.5 Å². The van der Waals surface area contributed by atoms with E-state index in [-0.39, 0.29) is 0 Å². The molecule has 0 aliphatic carbocycles. The molecule has 0 aliphatic rings. The van der Waals surface area contributed by atoms with Gasteiger partial charge in [-0.3, -0.25) is 0 Å². The molecule has 1 aromatic heterocycles. The fourth-order valence-electron chi connectivity index (χ4n) is 1.50.